The molecule has 2 heterocycles. The Labute approximate surface area is 109 Å². The van der Waals surface area contributed by atoms with Crippen molar-refractivity contribution in [2.45, 2.75) is 18.8 Å². The number of rotatable bonds is 2. The van der Waals surface area contributed by atoms with Crippen LogP contribution in [-0.4, -0.2) is 23.4 Å². The van der Waals surface area contributed by atoms with Gasteiger partial charge in [-0.3, -0.25) is 0 Å². The Morgan fingerprint density at radius 3 is 3.05 bits per heavy atom. The van der Waals surface area contributed by atoms with E-state index in [4.69, 9.17) is 15.0 Å². The molecule has 1 aromatic heterocycles. The van der Waals surface area contributed by atoms with E-state index in [2.05, 4.69) is 10.1 Å². The van der Waals surface area contributed by atoms with Gasteiger partial charge in [-0.1, -0.05) is 5.16 Å². The fraction of sp³-hybridized carbons (Fsp3) is 0.385. The molecule has 1 atom stereocenters. The van der Waals surface area contributed by atoms with E-state index in [1.165, 1.54) is 18.2 Å². The molecule has 1 aliphatic heterocycles. The molecule has 0 radical (unpaired) electrons. The highest BCUT2D eigenvalue weighted by Gasteiger charge is 2.22. The van der Waals surface area contributed by atoms with Crippen LogP contribution in [0.5, 0.6) is 0 Å². The summed E-state index contributed by atoms with van der Waals surface area (Å²) in [6.45, 7) is 1.35. The number of nitrogens with two attached hydrogens (primary N) is 1. The molecule has 2 N–H and O–H groups in total. The second-order valence-electron chi connectivity index (χ2n) is 4.61. The molecular formula is C13H14FN3O2. The number of benzene rings is 1. The molecule has 0 saturated carbocycles. The molecule has 1 unspecified atom stereocenters. The smallest absolute Gasteiger partial charge is 0.260 e. The normalized spacial score (nSPS) is 19.5. The van der Waals surface area contributed by atoms with Crippen molar-refractivity contribution in [1.82, 2.24) is 10.1 Å². The summed E-state index contributed by atoms with van der Waals surface area (Å²) in [4.78, 5) is 4.25. The Hall–Kier alpha value is -1.95. The van der Waals surface area contributed by atoms with E-state index in [1.807, 2.05) is 0 Å². The highest BCUT2D eigenvalue weighted by Crippen LogP contribution is 2.27. The average Bonchev–Trinajstić information content (AvgIpc) is 2.92. The first kappa shape index (κ1) is 12.1. The van der Waals surface area contributed by atoms with Gasteiger partial charge >= 0.3 is 0 Å². The Morgan fingerprint density at radius 1 is 1.37 bits per heavy atom. The topological polar surface area (TPSA) is 74.2 Å². The fourth-order valence-electron chi connectivity index (χ4n) is 2.16. The average molecular weight is 263 g/mol. The first-order chi connectivity index (χ1) is 9.24. The lowest BCUT2D eigenvalue weighted by molar-refractivity contribution is 0.0773. The maximum atomic E-state index is 13.7. The lowest BCUT2D eigenvalue weighted by Gasteiger charge is -2.18. The van der Waals surface area contributed by atoms with Crippen LogP contribution in [0.1, 0.15) is 24.6 Å². The molecule has 0 spiro atoms. The van der Waals surface area contributed by atoms with Crippen molar-refractivity contribution in [2.75, 3.05) is 18.9 Å². The van der Waals surface area contributed by atoms with E-state index in [9.17, 15) is 4.39 Å². The van der Waals surface area contributed by atoms with Gasteiger partial charge in [0.2, 0.25) is 0 Å². The van der Waals surface area contributed by atoms with Crippen LogP contribution < -0.4 is 5.73 Å². The lowest BCUT2D eigenvalue weighted by atomic mass is 10.0. The van der Waals surface area contributed by atoms with Gasteiger partial charge < -0.3 is 15.0 Å². The zero-order chi connectivity index (χ0) is 13.2. The molecule has 19 heavy (non-hydrogen) atoms. The van der Waals surface area contributed by atoms with Crippen molar-refractivity contribution >= 4 is 5.69 Å². The number of hydrogen-bond acceptors (Lipinski definition) is 5. The SMILES string of the molecule is Nc1ccc(F)c(-c2nc(C3CCCOC3)no2)c1. The van der Waals surface area contributed by atoms with Crippen LogP contribution >= 0.6 is 0 Å². The summed E-state index contributed by atoms with van der Waals surface area (Å²) in [5.74, 6) is 0.418. The number of anilines is 1. The van der Waals surface area contributed by atoms with Crippen LogP contribution in [0.3, 0.4) is 0 Å². The van der Waals surface area contributed by atoms with Crippen LogP contribution in [0.15, 0.2) is 22.7 Å². The Morgan fingerprint density at radius 2 is 2.26 bits per heavy atom. The third-order valence-corrected chi connectivity index (χ3v) is 3.19. The number of halogens is 1. The molecule has 2 aromatic rings. The van der Waals surface area contributed by atoms with Crippen LogP contribution in [0, 0.1) is 5.82 Å². The second-order valence-corrected chi connectivity index (χ2v) is 4.61. The summed E-state index contributed by atoms with van der Waals surface area (Å²) < 4.78 is 24.2. The molecule has 0 amide bonds. The Kier molecular flexibility index (Phi) is 3.16. The first-order valence-electron chi connectivity index (χ1n) is 6.21. The number of ether oxygens (including phenoxy) is 1. The molecule has 0 aliphatic carbocycles. The van der Waals surface area contributed by atoms with Gasteiger partial charge in [0, 0.05) is 18.2 Å². The van der Waals surface area contributed by atoms with Gasteiger partial charge in [-0.05, 0) is 31.0 Å². The van der Waals surface area contributed by atoms with E-state index >= 15 is 0 Å². The van der Waals surface area contributed by atoms with Crippen molar-refractivity contribution in [1.29, 1.82) is 0 Å². The maximum absolute atomic E-state index is 13.7. The number of hydrogen-bond donors (Lipinski definition) is 1. The minimum atomic E-state index is -0.427. The summed E-state index contributed by atoms with van der Waals surface area (Å²) in [6, 6.07) is 4.27. The summed E-state index contributed by atoms with van der Waals surface area (Å²) in [7, 11) is 0. The monoisotopic (exact) mass is 263 g/mol. The minimum absolute atomic E-state index is 0.121. The quantitative estimate of drug-likeness (QED) is 0.842. The number of aromatic nitrogens is 2. The second kappa shape index (κ2) is 4.97. The standard InChI is InChI=1S/C13H14FN3O2/c14-11-4-3-9(15)6-10(11)13-16-12(17-19-13)8-2-1-5-18-7-8/h3-4,6,8H,1-2,5,7,15H2. The first-order valence-corrected chi connectivity index (χ1v) is 6.21. The zero-order valence-electron chi connectivity index (χ0n) is 10.3. The number of nitrogens with zero attached hydrogens (tertiary/aromatic N) is 2. The highest BCUT2D eigenvalue weighted by molar-refractivity contribution is 5.60. The molecule has 1 aromatic carbocycles. The third-order valence-electron chi connectivity index (χ3n) is 3.19. The van der Waals surface area contributed by atoms with Crippen LogP contribution in [0.25, 0.3) is 11.5 Å². The minimum Gasteiger partial charge on any atom is -0.399 e. The van der Waals surface area contributed by atoms with E-state index in [0.29, 0.717) is 18.1 Å². The van der Waals surface area contributed by atoms with Gasteiger partial charge in [0.05, 0.1) is 12.2 Å². The van der Waals surface area contributed by atoms with Crippen molar-refractivity contribution in [3.05, 3.63) is 29.8 Å². The van der Waals surface area contributed by atoms with Crippen molar-refractivity contribution in [2.24, 2.45) is 0 Å². The molecule has 5 nitrogen and oxygen atoms in total. The number of nitrogen functional groups attached to an aromatic ring is 1. The predicted octanol–water partition coefficient (Wildman–Crippen LogP) is 2.35. The van der Waals surface area contributed by atoms with E-state index < -0.39 is 5.82 Å². The fourth-order valence-corrected chi connectivity index (χ4v) is 2.16. The molecule has 6 heteroatoms. The van der Waals surface area contributed by atoms with Gasteiger partial charge in [-0.2, -0.15) is 4.98 Å². The van der Waals surface area contributed by atoms with E-state index in [0.717, 1.165) is 19.4 Å². The summed E-state index contributed by atoms with van der Waals surface area (Å²) >= 11 is 0. The molecule has 1 fully saturated rings. The van der Waals surface area contributed by atoms with Gasteiger partial charge in [-0.15, -0.1) is 0 Å². The Balaban J connectivity index is 1.89. The zero-order valence-corrected chi connectivity index (χ0v) is 10.3. The van der Waals surface area contributed by atoms with Gasteiger partial charge in [0.1, 0.15) is 5.82 Å². The van der Waals surface area contributed by atoms with Crippen molar-refractivity contribution < 1.29 is 13.7 Å². The molecular weight excluding hydrogens is 249 g/mol. The van der Waals surface area contributed by atoms with Crippen molar-refractivity contribution in [3.63, 3.8) is 0 Å². The molecule has 1 aliphatic rings. The van der Waals surface area contributed by atoms with E-state index in [1.54, 1.807) is 0 Å². The van der Waals surface area contributed by atoms with Gasteiger partial charge in [-0.25, -0.2) is 4.39 Å². The molecule has 1 saturated heterocycles. The summed E-state index contributed by atoms with van der Waals surface area (Å²) in [5.41, 5.74) is 6.33. The highest BCUT2D eigenvalue weighted by atomic mass is 19.1. The van der Waals surface area contributed by atoms with E-state index in [-0.39, 0.29) is 17.4 Å². The van der Waals surface area contributed by atoms with Crippen LogP contribution in [-0.2, 0) is 4.74 Å². The summed E-state index contributed by atoms with van der Waals surface area (Å²) in [6.07, 6.45) is 1.93. The van der Waals surface area contributed by atoms with Crippen LogP contribution in [0.2, 0.25) is 0 Å². The van der Waals surface area contributed by atoms with Crippen LogP contribution in [0.4, 0.5) is 10.1 Å². The Bertz CT molecular complexity index is 579. The molecule has 3 rings (SSSR count). The third kappa shape index (κ3) is 2.44. The largest absolute Gasteiger partial charge is 0.399 e. The summed E-state index contributed by atoms with van der Waals surface area (Å²) in [5, 5.41) is 3.91. The predicted molar refractivity (Wildman–Crippen MR) is 66.9 cm³/mol. The molecule has 0 bridgehead atoms. The lowest BCUT2D eigenvalue weighted by Crippen LogP contribution is -2.16. The molecule has 100 valence electrons. The van der Waals surface area contributed by atoms with Gasteiger partial charge in [0.15, 0.2) is 5.82 Å². The van der Waals surface area contributed by atoms with Crippen molar-refractivity contribution in [3.8, 4) is 11.5 Å². The van der Waals surface area contributed by atoms with Gasteiger partial charge in [0.25, 0.3) is 5.89 Å². The maximum Gasteiger partial charge on any atom is 0.260 e.